The highest BCUT2D eigenvalue weighted by molar-refractivity contribution is 7.12. The number of nitrogens with zero attached hydrogens (tertiary/aromatic N) is 2. The zero-order valence-electron chi connectivity index (χ0n) is 9.68. The third-order valence-corrected chi connectivity index (χ3v) is 3.22. The van der Waals surface area contributed by atoms with E-state index >= 15 is 0 Å². The first kappa shape index (κ1) is 11.7. The molecule has 2 rings (SSSR count). The second-order valence-corrected chi connectivity index (χ2v) is 4.88. The molecule has 0 saturated heterocycles. The fourth-order valence-corrected chi connectivity index (χ4v) is 2.09. The van der Waals surface area contributed by atoms with Crippen LogP contribution in [0.5, 0.6) is 0 Å². The van der Waals surface area contributed by atoms with Crippen LogP contribution in [0.2, 0.25) is 0 Å². The lowest BCUT2D eigenvalue weighted by Crippen LogP contribution is -2.11. The molecule has 0 aliphatic heterocycles. The van der Waals surface area contributed by atoms with Gasteiger partial charge in [0.05, 0.1) is 17.6 Å². The summed E-state index contributed by atoms with van der Waals surface area (Å²) in [7, 11) is 0. The maximum Gasteiger partial charge on any atom is 0.267 e. The molecule has 0 aliphatic rings. The van der Waals surface area contributed by atoms with E-state index in [9.17, 15) is 4.79 Å². The molecular weight excluding hydrogens is 236 g/mol. The van der Waals surface area contributed by atoms with Crippen LogP contribution in [0.15, 0.2) is 23.8 Å². The Bertz CT molecular complexity index is 529. The third-order valence-electron chi connectivity index (χ3n) is 2.29. The SMILES string of the molecule is CC(C)n1cc(NC(=O)c2sccc2N)cn1. The van der Waals surface area contributed by atoms with Gasteiger partial charge in [0.2, 0.25) is 0 Å². The quantitative estimate of drug-likeness (QED) is 0.878. The summed E-state index contributed by atoms with van der Waals surface area (Å²) < 4.78 is 1.79. The molecule has 0 atom stereocenters. The van der Waals surface area contributed by atoms with Crippen molar-refractivity contribution in [2.45, 2.75) is 19.9 Å². The van der Waals surface area contributed by atoms with E-state index in [-0.39, 0.29) is 11.9 Å². The van der Waals surface area contributed by atoms with E-state index in [4.69, 9.17) is 5.73 Å². The van der Waals surface area contributed by atoms with E-state index in [2.05, 4.69) is 10.4 Å². The normalized spacial score (nSPS) is 10.8. The highest BCUT2D eigenvalue weighted by Gasteiger charge is 2.12. The van der Waals surface area contributed by atoms with E-state index in [0.717, 1.165) is 0 Å². The van der Waals surface area contributed by atoms with Gasteiger partial charge in [0, 0.05) is 12.2 Å². The number of amides is 1. The lowest BCUT2D eigenvalue weighted by molar-refractivity contribution is 0.103. The van der Waals surface area contributed by atoms with Crippen LogP contribution in [-0.4, -0.2) is 15.7 Å². The number of nitrogens with two attached hydrogens (primary N) is 1. The van der Waals surface area contributed by atoms with Gasteiger partial charge in [-0.05, 0) is 25.3 Å². The Morgan fingerprint density at radius 1 is 1.59 bits per heavy atom. The highest BCUT2D eigenvalue weighted by Crippen LogP contribution is 2.20. The zero-order chi connectivity index (χ0) is 12.4. The second kappa shape index (κ2) is 4.58. The van der Waals surface area contributed by atoms with Crippen LogP contribution in [0.1, 0.15) is 29.6 Å². The predicted octanol–water partition coefficient (Wildman–Crippen LogP) is 2.36. The number of nitrogen functional groups attached to an aromatic ring is 1. The Balaban J connectivity index is 2.11. The van der Waals surface area contributed by atoms with Crippen molar-refractivity contribution in [3.8, 4) is 0 Å². The molecule has 0 fully saturated rings. The van der Waals surface area contributed by atoms with E-state index in [1.54, 1.807) is 28.5 Å². The summed E-state index contributed by atoms with van der Waals surface area (Å²) in [5.74, 6) is -0.194. The van der Waals surface area contributed by atoms with Crippen molar-refractivity contribution in [2.75, 3.05) is 11.1 Å². The molecule has 1 amide bonds. The summed E-state index contributed by atoms with van der Waals surface area (Å²) in [5.41, 5.74) is 6.86. The number of carbonyl (C=O) groups is 1. The standard InChI is InChI=1S/C11H14N4OS/c1-7(2)15-6-8(5-13-15)14-11(16)10-9(12)3-4-17-10/h3-7H,12H2,1-2H3,(H,14,16). The lowest BCUT2D eigenvalue weighted by atomic mass is 10.3. The van der Waals surface area contributed by atoms with Crippen molar-refractivity contribution in [1.82, 2.24) is 9.78 Å². The summed E-state index contributed by atoms with van der Waals surface area (Å²) in [4.78, 5) is 12.4. The molecule has 0 aromatic carbocycles. The van der Waals surface area contributed by atoms with Crippen molar-refractivity contribution in [3.63, 3.8) is 0 Å². The molecule has 2 aromatic heterocycles. The van der Waals surface area contributed by atoms with Crippen LogP contribution in [0, 0.1) is 0 Å². The van der Waals surface area contributed by atoms with Crippen molar-refractivity contribution in [3.05, 3.63) is 28.7 Å². The van der Waals surface area contributed by atoms with Gasteiger partial charge < -0.3 is 11.1 Å². The summed E-state index contributed by atoms with van der Waals surface area (Å²) in [6, 6.07) is 1.99. The van der Waals surface area contributed by atoms with Gasteiger partial charge in [-0.2, -0.15) is 5.10 Å². The molecule has 2 aromatic rings. The van der Waals surface area contributed by atoms with Crippen molar-refractivity contribution >= 4 is 28.6 Å². The first-order valence-corrected chi connectivity index (χ1v) is 6.14. The van der Waals surface area contributed by atoms with Crippen LogP contribution in [0.25, 0.3) is 0 Å². The molecule has 2 heterocycles. The summed E-state index contributed by atoms with van der Waals surface area (Å²) >= 11 is 1.33. The van der Waals surface area contributed by atoms with Crippen LogP contribution in [-0.2, 0) is 0 Å². The minimum Gasteiger partial charge on any atom is -0.397 e. The maximum absolute atomic E-state index is 11.9. The van der Waals surface area contributed by atoms with Crippen LogP contribution in [0.4, 0.5) is 11.4 Å². The summed E-state index contributed by atoms with van der Waals surface area (Å²) in [6.07, 6.45) is 3.42. The van der Waals surface area contributed by atoms with Gasteiger partial charge in [-0.15, -0.1) is 11.3 Å². The molecule has 3 N–H and O–H groups in total. The zero-order valence-corrected chi connectivity index (χ0v) is 10.5. The molecule has 0 saturated carbocycles. The molecule has 0 radical (unpaired) electrons. The Kier molecular flexibility index (Phi) is 3.14. The third kappa shape index (κ3) is 2.47. The number of hydrogen-bond donors (Lipinski definition) is 2. The Morgan fingerprint density at radius 3 is 2.88 bits per heavy atom. The topological polar surface area (TPSA) is 72.9 Å². The average Bonchev–Trinajstić information content (AvgIpc) is 2.86. The minimum absolute atomic E-state index is 0.194. The monoisotopic (exact) mass is 250 g/mol. The molecule has 17 heavy (non-hydrogen) atoms. The number of carbonyl (C=O) groups excluding carboxylic acids is 1. The van der Waals surface area contributed by atoms with Crippen LogP contribution >= 0.6 is 11.3 Å². The highest BCUT2D eigenvalue weighted by atomic mass is 32.1. The van der Waals surface area contributed by atoms with Crippen molar-refractivity contribution in [2.24, 2.45) is 0 Å². The summed E-state index contributed by atoms with van der Waals surface area (Å²) in [5, 5.41) is 8.71. The number of thiophene rings is 1. The predicted molar refractivity (Wildman–Crippen MR) is 69.3 cm³/mol. The van der Waals surface area contributed by atoms with Gasteiger partial charge in [-0.3, -0.25) is 9.48 Å². The number of rotatable bonds is 3. The van der Waals surface area contributed by atoms with Gasteiger partial charge in [-0.25, -0.2) is 0 Å². The van der Waals surface area contributed by atoms with E-state index in [0.29, 0.717) is 16.3 Å². The molecule has 0 aliphatic carbocycles. The molecule has 0 unspecified atom stereocenters. The smallest absolute Gasteiger partial charge is 0.267 e. The Labute approximate surface area is 103 Å². The molecule has 90 valence electrons. The molecular formula is C11H14N4OS. The van der Waals surface area contributed by atoms with Crippen LogP contribution < -0.4 is 11.1 Å². The van der Waals surface area contributed by atoms with E-state index in [1.165, 1.54) is 11.3 Å². The van der Waals surface area contributed by atoms with Crippen molar-refractivity contribution < 1.29 is 4.79 Å². The lowest BCUT2D eigenvalue weighted by Gasteiger charge is -2.03. The number of aromatic nitrogens is 2. The van der Waals surface area contributed by atoms with Crippen molar-refractivity contribution in [1.29, 1.82) is 0 Å². The van der Waals surface area contributed by atoms with Gasteiger partial charge in [0.15, 0.2) is 0 Å². The van der Waals surface area contributed by atoms with Crippen LogP contribution in [0.3, 0.4) is 0 Å². The summed E-state index contributed by atoms with van der Waals surface area (Å²) in [6.45, 7) is 4.05. The number of hydrogen-bond acceptors (Lipinski definition) is 4. The Hall–Kier alpha value is -1.82. The largest absolute Gasteiger partial charge is 0.397 e. The fraction of sp³-hybridized carbons (Fsp3) is 0.273. The van der Waals surface area contributed by atoms with E-state index in [1.807, 2.05) is 13.8 Å². The molecule has 5 nitrogen and oxygen atoms in total. The van der Waals surface area contributed by atoms with E-state index < -0.39 is 0 Å². The number of anilines is 2. The first-order valence-electron chi connectivity index (χ1n) is 5.26. The second-order valence-electron chi connectivity index (χ2n) is 3.96. The fourth-order valence-electron chi connectivity index (χ4n) is 1.38. The molecule has 0 spiro atoms. The minimum atomic E-state index is -0.194. The van der Waals surface area contributed by atoms with Gasteiger partial charge in [0.25, 0.3) is 5.91 Å². The molecule has 0 bridgehead atoms. The Morgan fingerprint density at radius 2 is 2.35 bits per heavy atom. The van der Waals surface area contributed by atoms with Gasteiger partial charge >= 0.3 is 0 Å². The average molecular weight is 250 g/mol. The van der Waals surface area contributed by atoms with Gasteiger partial charge in [-0.1, -0.05) is 0 Å². The number of nitrogens with one attached hydrogen (secondary N) is 1. The maximum atomic E-state index is 11.9. The van der Waals surface area contributed by atoms with Gasteiger partial charge in [0.1, 0.15) is 4.88 Å². The molecule has 6 heteroatoms. The first-order chi connectivity index (χ1) is 8.08.